The van der Waals surface area contributed by atoms with E-state index in [-0.39, 0.29) is 11.8 Å². The van der Waals surface area contributed by atoms with Crippen molar-refractivity contribution in [3.8, 4) is 5.75 Å². The van der Waals surface area contributed by atoms with Crippen LogP contribution >= 0.6 is 0 Å². The highest BCUT2D eigenvalue weighted by Gasteiger charge is 2.53. The molecule has 1 saturated heterocycles. The van der Waals surface area contributed by atoms with Gasteiger partial charge in [0.05, 0.1) is 23.9 Å². The van der Waals surface area contributed by atoms with Gasteiger partial charge in [-0.15, -0.1) is 0 Å². The maximum atomic E-state index is 12.7. The summed E-state index contributed by atoms with van der Waals surface area (Å²) in [5.74, 6) is 0.332. The lowest BCUT2D eigenvalue weighted by molar-refractivity contribution is -0.125. The molecule has 1 saturated carbocycles. The standard InChI is InChI=1S/C15H18N2O3/c1-20-10-4-5-11(16)12(8-10)17-13(18)9-15(14(17)19)6-2-3-7-15/h4-5,8H,2-3,6-7,9,16H2,1H3. The van der Waals surface area contributed by atoms with Crippen LogP contribution in [0.1, 0.15) is 32.1 Å². The van der Waals surface area contributed by atoms with Crippen LogP contribution in [0.2, 0.25) is 0 Å². The van der Waals surface area contributed by atoms with E-state index in [4.69, 9.17) is 10.5 Å². The number of methoxy groups -OCH3 is 1. The lowest BCUT2D eigenvalue weighted by Crippen LogP contribution is -2.34. The van der Waals surface area contributed by atoms with E-state index in [2.05, 4.69) is 0 Å². The Kier molecular flexibility index (Phi) is 2.92. The van der Waals surface area contributed by atoms with Crippen LogP contribution in [0.15, 0.2) is 18.2 Å². The van der Waals surface area contributed by atoms with Gasteiger partial charge in [-0.1, -0.05) is 12.8 Å². The number of rotatable bonds is 2. The first-order valence-electron chi connectivity index (χ1n) is 6.88. The van der Waals surface area contributed by atoms with Crippen LogP contribution in [0.3, 0.4) is 0 Å². The van der Waals surface area contributed by atoms with Crippen LogP contribution < -0.4 is 15.4 Å². The second-order valence-electron chi connectivity index (χ2n) is 5.62. The Morgan fingerprint density at radius 1 is 1.25 bits per heavy atom. The summed E-state index contributed by atoms with van der Waals surface area (Å²) in [4.78, 5) is 26.3. The predicted molar refractivity (Wildman–Crippen MR) is 75.4 cm³/mol. The molecule has 5 nitrogen and oxygen atoms in total. The van der Waals surface area contributed by atoms with E-state index in [1.54, 1.807) is 25.3 Å². The summed E-state index contributed by atoms with van der Waals surface area (Å²) < 4.78 is 5.15. The molecular weight excluding hydrogens is 256 g/mol. The van der Waals surface area contributed by atoms with E-state index in [9.17, 15) is 9.59 Å². The minimum absolute atomic E-state index is 0.0973. The molecule has 5 heteroatoms. The number of benzene rings is 1. The fourth-order valence-corrected chi connectivity index (χ4v) is 3.32. The van der Waals surface area contributed by atoms with Crippen LogP contribution in [0.25, 0.3) is 0 Å². The highest BCUT2D eigenvalue weighted by atomic mass is 16.5. The SMILES string of the molecule is COc1ccc(N)c(N2C(=O)CC3(CCCC3)C2=O)c1. The van der Waals surface area contributed by atoms with Gasteiger partial charge in [-0.3, -0.25) is 9.59 Å². The van der Waals surface area contributed by atoms with Gasteiger partial charge >= 0.3 is 0 Å². The molecule has 106 valence electrons. The molecule has 2 fully saturated rings. The summed E-state index contributed by atoms with van der Waals surface area (Å²) in [7, 11) is 1.54. The predicted octanol–water partition coefficient (Wildman–Crippen LogP) is 2.10. The average molecular weight is 274 g/mol. The van der Waals surface area contributed by atoms with Gasteiger partial charge in [0.1, 0.15) is 5.75 Å². The van der Waals surface area contributed by atoms with Crippen molar-refractivity contribution in [2.75, 3.05) is 17.7 Å². The fourth-order valence-electron chi connectivity index (χ4n) is 3.32. The first-order valence-corrected chi connectivity index (χ1v) is 6.88. The summed E-state index contributed by atoms with van der Waals surface area (Å²) in [5.41, 5.74) is 6.32. The zero-order valence-corrected chi connectivity index (χ0v) is 11.5. The molecule has 0 unspecified atom stereocenters. The number of hydrogen-bond donors (Lipinski definition) is 1. The summed E-state index contributed by atoms with van der Waals surface area (Å²) in [6.07, 6.45) is 3.94. The highest BCUT2D eigenvalue weighted by molar-refractivity contribution is 6.23. The van der Waals surface area contributed by atoms with E-state index in [0.717, 1.165) is 25.7 Å². The molecule has 1 aromatic rings. The van der Waals surface area contributed by atoms with Crippen LogP contribution in [-0.2, 0) is 9.59 Å². The van der Waals surface area contributed by atoms with Crippen molar-refractivity contribution in [3.63, 3.8) is 0 Å². The fraction of sp³-hybridized carbons (Fsp3) is 0.467. The van der Waals surface area contributed by atoms with Gasteiger partial charge in [-0.2, -0.15) is 0 Å². The summed E-state index contributed by atoms with van der Waals surface area (Å²) in [6.45, 7) is 0. The van der Waals surface area contributed by atoms with Crippen molar-refractivity contribution in [2.24, 2.45) is 5.41 Å². The van der Waals surface area contributed by atoms with Gasteiger partial charge in [0.15, 0.2) is 0 Å². The van der Waals surface area contributed by atoms with Gasteiger partial charge < -0.3 is 10.5 Å². The number of amides is 2. The molecule has 0 aromatic heterocycles. The van der Waals surface area contributed by atoms with Gasteiger partial charge in [0.25, 0.3) is 0 Å². The largest absolute Gasteiger partial charge is 0.497 e. The van der Waals surface area contributed by atoms with Gasteiger partial charge in [0, 0.05) is 12.5 Å². The zero-order valence-electron chi connectivity index (χ0n) is 11.5. The normalized spacial score (nSPS) is 20.9. The third-order valence-corrected chi connectivity index (χ3v) is 4.43. The van der Waals surface area contributed by atoms with Gasteiger partial charge in [0.2, 0.25) is 11.8 Å². The monoisotopic (exact) mass is 274 g/mol. The molecule has 20 heavy (non-hydrogen) atoms. The molecule has 2 amide bonds. The van der Waals surface area contributed by atoms with Crippen LogP contribution in [0.5, 0.6) is 5.75 Å². The van der Waals surface area contributed by atoms with Crippen molar-refractivity contribution in [1.82, 2.24) is 0 Å². The summed E-state index contributed by atoms with van der Waals surface area (Å²) >= 11 is 0. The molecule has 2 N–H and O–H groups in total. The molecule has 0 radical (unpaired) electrons. The Balaban J connectivity index is 2.02. The number of ether oxygens (including phenoxy) is 1. The Hall–Kier alpha value is -2.04. The maximum Gasteiger partial charge on any atom is 0.240 e. The number of nitrogens with two attached hydrogens (primary N) is 1. The third kappa shape index (κ3) is 1.77. The van der Waals surface area contributed by atoms with Crippen molar-refractivity contribution in [2.45, 2.75) is 32.1 Å². The number of carbonyl (C=O) groups excluding carboxylic acids is 2. The highest BCUT2D eigenvalue weighted by Crippen LogP contribution is 2.48. The first-order chi connectivity index (χ1) is 9.57. The van der Waals surface area contributed by atoms with E-state index in [1.807, 2.05) is 0 Å². The molecule has 2 aliphatic rings. The lowest BCUT2D eigenvalue weighted by Gasteiger charge is -2.22. The van der Waals surface area contributed by atoms with E-state index >= 15 is 0 Å². The molecular formula is C15H18N2O3. The minimum Gasteiger partial charge on any atom is -0.497 e. The van der Waals surface area contributed by atoms with Gasteiger partial charge in [-0.05, 0) is 25.0 Å². The second kappa shape index (κ2) is 4.51. The second-order valence-corrected chi connectivity index (χ2v) is 5.62. The smallest absolute Gasteiger partial charge is 0.240 e. The number of anilines is 2. The number of imide groups is 1. The topological polar surface area (TPSA) is 72.6 Å². The number of hydrogen-bond acceptors (Lipinski definition) is 4. The number of carbonyl (C=O) groups is 2. The van der Waals surface area contributed by atoms with Crippen molar-refractivity contribution in [1.29, 1.82) is 0 Å². The molecule has 1 aliphatic carbocycles. The molecule has 1 aliphatic heterocycles. The summed E-state index contributed by atoms with van der Waals surface area (Å²) in [6, 6.07) is 5.03. The lowest BCUT2D eigenvalue weighted by atomic mass is 9.84. The Bertz CT molecular complexity index is 576. The molecule has 1 heterocycles. The zero-order chi connectivity index (χ0) is 14.3. The molecule has 0 atom stereocenters. The molecule has 1 spiro atoms. The van der Waals surface area contributed by atoms with Crippen LogP contribution in [-0.4, -0.2) is 18.9 Å². The third-order valence-electron chi connectivity index (χ3n) is 4.43. The van der Waals surface area contributed by atoms with Crippen LogP contribution in [0, 0.1) is 5.41 Å². The number of nitrogens with zero attached hydrogens (tertiary/aromatic N) is 1. The molecule has 1 aromatic carbocycles. The average Bonchev–Trinajstić information content (AvgIpc) is 2.99. The Morgan fingerprint density at radius 3 is 2.60 bits per heavy atom. The van der Waals surface area contributed by atoms with Gasteiger partial charge in [-0.25, -0.2) is 4.90 Å². The van der Waals surface area contributed by atoms with Crippen molar-refractivity contribution in [3.05, 3.63) is 18.2 Å². The first kappa shape index (κ1) is 13.0. The van der Waals surface area contributed by atoms with Crippen molar-refractivity contribution >= 4 is 23.2 Å². The van der Waals surface area contributed by atoms with E-state index < -0.39 is 5.41 Å². The minimum atomic E-state index is -0.480. The van der Waals surface area contributed by atoms with Crippen LogP contribution in [0.4, 0.5) is 11.4 Å². The van der Waals surface area contributed by atoms with E-state index in [0.29, 0.717) is 23.5 Å². The quantitative estimate of drug-likeness (QED) is 0.662. The summed E-state index contributed by atoms with van der Waals surface area (Å²) in [5, 5.41) is 0. The molecule has 3 rings (SSSR count). The van der Waals surface area contributed by atoms with Crippen molar-refractivity contribution < 1.29 is 14.3 Å². The number of nitrogen functional groups attached to an aromatic ring is 1. The van der Waals surface area contributed by atoms with E-state index in [1.165, 1.54) is 4.90 Å². The molecule has 0 bridgehead atoms. The Labute approximate surface area is 117 Å². The maximum absolute atomic E-state index is 12.7. The Morgan fingerprint density at radius 2 is 1.95 bits per heavy atom.